The first-order valence-corrected chi connectivity index (χ1v) is 7.77. The lowest BCUT2D eigenvalue weighted by Crippen LogP contribution is -2.26. The fraction of sp³-hybridized carbons (Fsp3) is 0.333. The first kappa shape index (κ1) is 15.5. The molecule has 5 nitrogen and oxygen atoms in total. The van der Waals surface area contributed by atoms with E-state index in [1.165, 1.54) is 0 Å². The Kier molecular flexibility index (Phi) is 5.30. The van der Waals surface area contributed by atoms with Gasteiger partial charge >= 0.3 is 0 Å². The molecule has 2 rings (SSSR count). The van der Waals surface area contributed by atoms with Crippen LogP contribution in [0.25, 0.3) is 0 Å². The van der Waals surface area contributed by atoms with E-state index in [1.807, 2.05) is 23.6 Å². The molecule has 2 aromatic heterocycles. The van der Waals surface area contributed by atoms with Crippen LogP contribution >= 0.6 is 11.3 Å². The third kappa shape index (κ3) is 4.03. The Morgan fingerprint density at radius 3 is 2.90 bits per heavy atom. The molecule has 0 atom stereocenters. The van der Waals surface area contributed by atoms with Crippen molar-refractivity contribution < 1.29 is 4.79 Å². The monoisotopic (exact) mass is 304 g/mol. The second-order valence-electron chi connectivity index (χ2n) is 4.87. The fourth-order valence-electron chi connectivity index (χ4n) is 2.10. The highest BCUT2D eigenvalue weighted by molar-refractivity contribution is 7.09. The second-order valence-corrected chi connectivity index (χ2v) is 5.90. The van der Waals surface area contributed by atoms with Crippen molar-refractivity contribution in [3.05, 3.63) is 45.8 Å². The van der Waals surface area contributed by atoms with Crippen LogP contribution in [0, 0.1) is 0 Å². The first-order chi connectivity index (χ1) is 10.1. The van der Waals surface area contributed by atoms with Crippen molar-refractivity contribution >= 4 is 23.1 Å². The number of pyridine rings is 1. The minimum atomic E-state index is -0.0281. The van der Waals surface area contributed by atoms with E-state index in [9.17, 15) is 4.79 Å². The number of nitrogen functional groups attached to an aromatic ring is 1. The number of nitrogens with zero attached hydrogens (tertiary/aromatic N) is 2. The van der Waals surface area contributed by atoms with Gasteiger partial charge in [0.15, 0.2) is 0 Å². The van der Waals surface area contributed by atoms with E-state index < -0.39 is 0 Å². The van der Waals surface area contributed by atoms with E-state index in [0.29, 0.717) is 17.9 Å². The summed E-state index contributed by atoms with van der Waals surface area (Å²) in [6, 6.07) is 7.54. The van der Waals surface area contributed by atoms with E-state index in [0.717, 1.165) is 23.4 Å². The molecule has 2 heterocycles. The van der Waals surface area contributed by atoms with Gasteiger partial charge < -0.3 is 10.3 Å². The van der Waals surface area contributed by atoms with Gasteiger partial charge in [0.05, 0.1) is 6.54 Å². The maximum absolute atomic E-state index is 12.5. The van der Waals surface area contributed by atoms with Gasteiger partial charge in [0.25, 0.3) is 5.91 Å². The molecule has 0 radical (unpaired) electrons. The number of thiophene rings is 1. The zero-order valence-corrected chi connectivity index (χ0v) is 13.1. The van der Waals surface area contributed by atoms with Gasteiger partial charge in [-0.3, -0.25) is 4.79 Å². The molecule has 1 amide bonds. The smallest absolute Gasteiger partial charge is 0.254 e. The van der Waals surface area contributed by atoms with Crippen LogP contribution in [-0.2, 0) is 13.0 Å². The van der Waals surface area contributed by atoms with Crippen molar-refractivity contribution in [2.24, 2.45) is 5.84 Å². The van der Waals surface area contributed by atoms with Crippen molar-refractivity contribution in [1.29, 1.82) is 0 Å². The number of hydrogen-bond donors (Lipinski definition) is 2. The summed E-state index contributed by atoms with van der Waals surface area (Å²) in [5.41, 5.74) is 4.01. The van der Waals surface area contributed by atoms with Crippen LogP contribution in [0.4, 0.5) is 5.82 Å². The predicted octanol–water partition coefficient (Wildman–Crippen LogP) is 2.65. The van der Waals surface area contributed by atoms with Gasteiger partial charge in [-0.25, -0.2) is 10.8 Å². The minimum Gasteiger partial charge on any atom is -0.337 e. The molecule has 21 heavy (non-hydrogen) atoms. The van der Waals surface area contributed by atoms with E-state index in [4.69, 9.17) is 5.84 Å². The maximum Gasteiger partial charge on any atom is 0.254 e. The Morgan fingerprint density at radius 1 is 1.48 bits per heavy atom. The number of carbonyl (C=O) groups is 1. The van der Waals surface area contributed by atoms with Gasteiger partial charge in [-0.2, -0.15) is 0 Å². The van der Waals surface area contributed by atoms with Crippen molar-refractivity contribution in [3.63, 3.8) is 0 Å². The zero-order chi connectivity index (χ0) is 15.2. The summed E-state index contributed by atoms with van der Waals surface area (Å²) in [7, 11) is 1.80. The lowest BCUT2D eigenvalue weighted by atomic mass is 10.1. The molecule has 2 aromatic rings. The fourth-order valence-corrected chi connectivity index (χ4v) is 2.86. The number of hydrazine groups is 1. The average molecular weight is 304 g/mol. The van der Waals surface area contributed by atoms with Crippen LogP contribution in [-0.4, -0.2) is 22.8 Å². The average Bonchev–Trinajstić information content (AvgIpc) is 2.99. The van der Waals surface area contributed by atoms with Gasteiger partial charge in [0.1, 0.15) is 5.82 Å². The number of amides is 1. The Labute approximate surface area is 128 Å². The van der Waals surface area contributed by atoms with Crippen LogP contribution in [0.1, 0.15) is 34.3 Å². The van der Waals surface area contributed by atoms with Gasteiger partial charge in [-0.1, -0.05) is 19.4 Å². The molecule has 0 aliphatic heterocycles. The largest absolute Gasteiger partial charge is 0.337 e. The number of nitrogens with two attached hydrogens (primary N) is 1. The number of hydrogen-bond acceptors (Lipinski definition) is 5. The molecule has 3 N–H and O–H groups in total. The quantitative estimate of drug-likeness (QED) is 0.636. The van der Waals surface area contributed by atoms with Crippen molar-refractivity contribution in [2.75, 3.05) is 12.5 Å². The van der Waals surface area contributed by atoms with Crippen molar-refractivity contribution in [1.82, 2.24) is 9.88 Å². The third-order valence-electron chi connectivity index (χ3n) is 3.10. The SMILES string of the molecule is CCCc1cc(C(=O)N(C)Cc2cccs2)cc(NN)n1. The molecule has 0 spiro atoms. The van der Waals surface area contributed by atoms with Gasteiger partial charge in [-0.15, -0.1) is 11.3 Å². The van der Waals surface area contributed by atoms with Crippen molar-refractivity contribution in [2.45, 2.75) is 26.3 Å². The van der Waals surface area contributed by atoms with E-state index >= 15 is 0 Å². The summed E-state index contributed by atoms with van der Waals surface area (Å²) in [5, 5.41) is 2.01. The number of aromatic nitrogens is 1. The summed E-state index contributed by atoms with van der Waals surface area (Å²) in [5.74, 6) is 5.93. The topological polar surface area (TPSA) is 71.2 Å². The molecular weight excluding hydrogens is 284 g/mol. The lowest BCUT2D eigenvalue weighted by Gasteiger charge is -2.17. The van der Waals surface area contributed by atoms with Crippen LogP contribution in [0.5, 0.6) is 0 Å². The molecule has 0 bridgehead atoms. The van der Waals surface area contributed by atoms with Gasteiger partial charge in [0, 0.05) is 23.2 Å². The molecule has 0 saturated carbocycles. The number of nitrogens with one attached hydrogen (secondary N) is 1. The summed E-state index contributed by atoms with van der Waals surface area (Å²) >= 11 is 1.64. The Bertz CT molecular complexity index is 598. The highest BCUT2D eigenvalue weighted by Gasteiger charge is 2.14. The minimum absolute atomic E-state index is 0.0281. The highest BCUT2D eigenvalue weighted by Crippen LogP contribution is 2.16. The summed E-state index contributed by atoms with van der Waals surface area (Å²) in [6.07, 6.45) is 1.80. The molecule has 0 aliphatic carbocycles. The third-order valence-corrected chi connectivity index (χ3v) is 3.96. The Balaban J connectivity index is 2.18. The number of aryl methyl sites for hydroxylation is 1. The highest BCUT2D eigenvalue weighted by atomic mass is 32.1. The molecule has 0 aromatic carbocycles. The van der Waals surface area contributed by atoms with E-state index in [1.54, 1.807) is 29.4 Å². The van der Waals surface area contributed by atoms with E-state index in [2.05, 4.69) is 17.3 Å². The van der Waals surface area contributed by atoms with Crippen molar-refractivity contribution in [3.8, 4) is 0 Å². The summed E-state index contributed by atoms with van der Waals surface area (Å²) < 4.78 is 0. The number of rotatable bonds is 6. The Morgan fingerprint density at radius 2 is 2.29 bits per heavy atom. The molecule has 0 fully saturated rings. The number of carbonyl (C=O) groups excluding carboxylic acids is 1. The standard InChI is InChI=1S/C15H20N4OS/c1-3-5-12-8-11(9-14(17-12)18-16)15(20)19(2)10-13-6-4-7-21-13/h4,6-9H,3,5,10,16H2,1-2H3,(H,17,18). The van der Waals surface area contributed by atoms with Crippen LogP contribution in [0.2, 0.25) is 0 Å². The Hall–Kier alpha value is -1.92. The van der Waals surface area contributed by atoms with Gasteiger partial charge in [0.2, 0.25) is 0 Å². The summed E-state index contributed by atoms with van der Waals surface area (Å²) in [6.45, 7) is 2.68. The summed E-state index contributed by atoms with van der Waals surface area (Å²) in [4.78, 5) is 19.7. The molecule has 6 heteroatoms. The normalized spacial score (nSPS) is 10.4. The molecular formula is C15H20N4OS. The van der Waals surface area contributed by atoms with Gasteiger partial charge in [-0.05, 0) is 30.0 Å². The second kappa shape index (κ2) is 7.19. The molecule has 0 unspecified atom stereocenters. The molecule has 0 aliphatic rings. The van der Waals surface area contributed by atoms with Crippen LogP contribution < -0.4 is 11.3 Å². The van der Waals surface area contributed by atoms with E-state index in [-0.39, 0.29) is 5.91 Å². The molecule has 0 saturated heterocycles. The maximum atomic E-state index is 12.5. The molecule has 112 valence electrons. The number of anilines is 1. The first-order valence-electron chi connectivity index (χ1n) is 6.89. The predicted molar refractivity (Wildman–Crippen MR) is 86.2 cm³/mol. The zero-order valence-electron chi connectivity index (χ0n) is 12.3. The lowest BCUT2D eigenvalue weighted by molar-refractivity contribution is 0.0786. The van der Waals surface area contributed by atoms with Crippen LogP contribution in [0.3, 0.4) is 0 Å². The van der Waals surface area contributed by atoms with Crippen LogP contribution in [0.15, 0.2) is 29.6 Å².